The molecule has 0 unspecified atom stereocenters. The lowest BCUT2D eigenvalue weighted by atomic mass is 9.97. The van der Waals surface area contributed by atoms with Crippen molar-refractivity contribution in [2.75, 3.05) is 33.8 Å². The van der Waals surface area contributed by atoms with Crippen molar-refractivity contribution < 1.29 is 26.7 Å². The summed E-state index contributed by atoms with van der Waals surface area (Å²) in [7, 11) is -0.597. The Hall–Kier alpha value is -1.83. The van der Waals surface area contributed by atoms with Crippen LogP contribution in [-0.4, -0.2) is 56.7 Å². The van der Waals surface area contributed by atoms with Crippen molar-refractivity contribution in [3.8, 4) is 5.75 Å². The first-order valence-electron chi connectivity index (χ1n) is 9.35. The minimum absolute atomic E-state index is 0.0172. The third kappa shape index (κ3) is 5.33. The first-order valence-corrected chi connectivity index (χ1v) is 11.8. The van der Waals surface area contributed by atoms with Crippen molar-refractivity contribution in [3.63, 3.8) is 0 Å². The first kappa shape index (κ1) is 23.8. The molecule has 0 saturated carbocycles. The summed E-state index contributed by atoms with van der Waals surface area (Å²) in [5.74, 6) is -2.09. The van der Waals surface area contributed by atoms with Crippen molar-refractivity contribution in [1.82, 2.24) is 8.61 Å². The van der Waals surface area contributed by atoms with E-state index in [2.05, 4.69) is 0 Å². The van der Waals surface area contributed by atoms with E-state index in [4.69, 9.17) is 10.5 Å². The van der Waals surface area contributed by atoms with E-state index in [0.29, 0.717) is 9.13 Å². The second-order valence-corrected chi connectivity index (χ2v) is 10.9. The normalized spacial score (nSPS) is 15.2. The number of primary amides is 1. The highest BCUT2D eigenvalue weighted by atomic mass is 127. The van der Waals surface area contributed by atoms with E-state index in [9.17, 15) is 22.0 Å². The molecule has 11 heteroatoms. The summed E-state index contributed by atoms with van der Waals surface area (Å²) in [4.78, 5) is 12.1. The maximum absolute atomic E-state index is 14.3. The van der Waals surface area contributed by atoms with Crippen LogP contribution in [0.2, 0.25) is 0 Å². The number of nitrogens with zero attached hydrogens (tertiary/aromatic N) is 2. The highest BCUT2D eigenvalue weighted by Crippen LogP contribution is 2.29. The molecular formula is C20H22F2IN3O4S. The van der Waals surface area contributed by atoms with Gasteiger partial charge < -0.3 is 10.5 Å². The quantitative estimate of drug-likeness (QED) is 0.498. The average molecular weight is 565 g/mol. The number of hydrogen-bond donors (Lipinski definition) is 1. The molecule has 1 heterocycles. The van der Waals surface area contributed by atoms with Crippen LogP contribution in [0, 0.1) is 21.1 Å². The molecule has 3 rings (SSSR count). The van der Waals surface area contributed by atoms with Gasteiger partial charge in [0, 0.05) is 49.2 Å². The molecule has 7 nitrogen and oxygen atoms in total. The highest BCUT2D eigenvalue weighted by Gasteiger charge is 2.37. The summed E-state index contributed by atoms with van der Waals surface area (Å²) in [5.41, 5.74) is 6.01. The fourth-order valence-electron chi connectivity index (χ4n) is 3.29. The summed E-state index contributed by atoms with van der Waals surface area (Å²) in [6.07, 6.45) is -0.0343. The molecule has 0 radical (unpaired) electrons. The third-order valence-corrected chi connectivity index (χ3v) is 7.52. The number of hydrogen-bond acceptors (Lipinski definition) is 4. The van der Waals surface area contributed by atoms with E-state index in [1.165, 1.54) is 24.5 Å². The minimum atomic E-state index is -3.49. The number of ether oxygens (including phenoxy) is 1. The lowest BCUT2D eigenvalue weighted by Gasteiger charge is -2.39. The Morgan fingerprint density at radius 3 is 2.48 bits per heavy atom. The fourth-order valence-corrected chi connectivity index (χ4v) is 5.01. The Balaban J connectivity index is 1.78. The Bertz CT molecular complexity index is 1110. The van der Waals surface area contributed by atoms with Crippen molar-refractivity contribution in [2.24, 2.45) is 11.7 Å². The van der Waals surface area contributed by atoms with Crippen LogP contribution in [0.3, 0.4) is 0 Å². The van der Waals surface area contributed by atoms with Crippen molar-refractivity contribution in [1.29, 1.82) is 0 Å². The minimum Gasteiger partial charge on any atom is -0.492 e. The Morgan fingerprint density at radius 1 is 1.23 bits per heavy atom. The smallest absolute Gasteiger partial charge is 0.281 e. The Morgan fingerprint density at radius 2 is 1.90 bits per heavy atom. The van der Waals surface area contributed by atoms with E-state index < -0.39 is 27.8 Å². The third-order valence-electron chi connectivity index (χ3n) is 4.98. The van der Waals surface area contributed by atoms with Gasteiger partial charge in [-0.3, -0.25) is 4.79 Å². The topological polar surface area (TPSA) is 92.9 Å². The molecule has 2 N–H and O–H groups in total. The number of carbonyl (C=O) groups is 1. The molecule has 31 heavy (non-hydrogen) atoms. The molecular weight excluding hydrogens is 543 g/mol. The van der Waals surface area contributed by atoms with E-state index in [0.717, 1.165) is 16.4 Å². The van der Waals surface area contributed by atoms with Crippen molar-refractivity contribution >= 4 is 38.7 Å². The first-order chi connectivity index (χ1) is 14.5. The molecule has 0 aromatic heterocycles. The highest BCUT2D eigenvalue weighted by molar-refractivity contribution is 14.1. The van der Waals surface area contributed by atoms with Gasteiger partial charge in [0.2, 0.25) is 0 Å². The van der Waals surface area contributed by atoms with Gasteiger partial charge in [-0.2, -0.15) is 17.0 Å². The lowest BCUT2D eigenvalue weighted by Crippen LogP contribution is -2.55. The molecule has 1 aliphatic rings. The van der Waals surface area contributed by atoms with Gasteiger partial charge in [-0.25, -0.2) is 8.78 Å². The molecule has 0 bridgehead atoms. The predicted molar refractivity (Wildman–Crippen MR) is 120 cm³/mol. The Kier molecular flexibility index (Phi) is 7.18. The van der Waals surface area contributed by atoms with Gasteiger partial charge in [0.25, 0.3) is 16.1 Å². The number of nitrogens with two attached hydrogens (primary N) is 1. The van der Waals surface area contributed by atoms with Crippen LogP contribution >= 0.6 is 22.6 Å². The predicted octanol–water partition coefficient (Wildman–Crippen LogP) is 2.38. The molecule has 0 aliphatic carbocycles. The zero-order valence-corrected chi connectivity index (χ0v) is 19.9. The van der Waals surface area contributed by atoms with E-state index >= 15 is 0 Å². The zero-order chi connectivity index (χ0) is 22.9. The number of amides is 1. The van der Waals surface area contributed by atoms with Crippen LogP contribution in [0.1, 0.15) is 21.5 Å². The molecule has 1 aliphatic heterocycles. The number of carbonyl (C=O) groups excluding carboxylic acids is 1. The average Bonchev–Trinajstić information content (AvgIpc) is 2.61. The van der Waals surface area contributed by atoms with Gasteiger partial charge in [0.05, 0.1) is 12.2 Å². The van der Waals surface area contributed by atoms with Gasteiger partial charge in [-0.05, 0) is 51.9 Å². The monoisotopic (exact) mass is 565 g/mol. The fraction of sp³-hybridized carbons (Fsp3) is 0.350. The molecule has 168 valence electrons. The maximum Gasteiger partial charge on any atom is 0.281 e. The van der Waals surface area contributed by atoms with Crippen LogP contribution in [0.15, 0.2) is 30.3 Å². The molecule has 0 spiro atoms. The molecule has 0 atom stereocenters. The number of halogens is 3. The van der Waals surface area contributed by atoms with Crippen LogP contribution in [0.4, 0.5) is 8.78 Å². The van der Waals surface area contributed by atoms with Gasteiger partial charge in [0.1, 0.15) is 17.4 Å². The number of rotatable bonds is 8. The summed E-state index contributed by atoms with van der Waals surface area (Å²) < 4.78 is 61.4. The van der Waals surface area contributed by atoms with Crippen molar-refractivity contribution in [2.45, 2.75) is 6.42 Å². The second kappa shape index (κ2) is 9.35. The largest absolute Gasteiger partial charge is 0.492 e. The van der Waals surface area contributed by atoms with Gasteiger partial charge >= 0.3 is 0 Å². The SMILES string of the molecule is CN(C)S(=O)(=O)N1CC(COc2cc(F)cc(Cc3ccc(I)cc3F)c2C(N)=O)C1. The second-order valence-electron chi connectivity index (χ2n) is 7.50. The maximum atomic E-state index is 14.3. The molecule has 2 aromatic rings. The van der Waals surface area contributed by atoms with Crippen LogP contribution in [0.25, 0.3) is 0 Å². The van der Waals surface area contributed by atoms with Gasteiger partial charge in [-0.1, -0.05) is 6.07 Å². The molecule has 2 aromatic carbocycles. The van der Waals surface area contributed by atoms with E-state index in [1.54, 1.807) is 12.1 Å². The standard InChI is InChI=1S/C20H22F2IN3O4S/c1-25(2)31(28,29)26-9-12(10-26)11-30-18-7-15(21)6-14(19(18)20(24)27)5-13-3-4-16(23)8-17(13)22/h3-4,6-8,12H,5,9-11H2,1-2H3,(H2,24,27). The molecule has 1 saturated heterocycles. The van der Waals surface area contributed by atoms with Gasteiger partial charge in [-0.15, -0.1) is 0 Å². The summed E-state index contributed by atoms with van der Waals surface area (Å²) in [6, 6.07) is 6.83. The van der Waals surface area contributed by atoms with Crippen LogP contribution < -0.4 is 10.5 Å². The zero-order valence-electron chi connectivity index (χ0n) is 16.9. The van der Waals surface area contributed by atoms with E-state index in [-0.39, 0.29) is 48.9 Å². The van der Waals surface area contributed by atoms with Gasteiger partial charge in [0.15, 0.2) is 0 Å². The molecule has 1 amide bonds. The summed E-state index contributed by atoms with van der Waals surface area (Å²) in [6.45, 7) is 0.589. The van der Waals surface area contributed by atoms with Crippen LogP contribution in [0.5, 0.6) is 5.75 Å². The summed E-state index contributed by atoms with van der Waals surface area (Å²) in [5, 5.41) is 0. The van der Waals surface area contributed by atoms with E-state index in [1.807, 2.05) is 22.6 Å². The summed E-state index contributed by atoms with van der Waals surface area (Å²) >= 11 is 1.98. The lowest BCUT2D eigenvalue weighted by molar-refractivity contribution is 0.0986. The van der Waals surface area contributed by atoms with Crippen molar-refractivity contribution in [3.05, 3.63) is 62.2 Å². The number of benzene rings is 2. The Labute approximate surface area is 193 Å². The van der Waals surface area contributed by atoms with Crippen LogP contribution in [-0.2, 0) is 16.6 Å². The molecule has 1 fully saturated rings.